The maximum atomic E-state index is 8.89. The number of nitrogens with zero attached hydrogens (tertiary/aromatic N) is 1. The van der Waals surface area contributed by atoms with Crippen LogP contribution >= 0.6 is 31.9 Å². The second kappa shape index (κ2) is 5.42. The predicted molar refractivity (Wildman–Crippen MR) is 80.7 cm³/mol. The van der Waals surface area contributed by atoms with Crippen LogP contribution in [0.4, 0.5) is 17.1 Å². The Kier molecular flexibility index (Phi) is 3.90. The number of para-hydroxylation sites is 1. The molecule has 0 amide bonds. The molecule has 0 atom stereocenters. The Morgan fingerprint density at radius 2 is 1.78 bits per heavy atom. The Bertz CT molecular complexity index is 612. The third kappa shape index (κ3) is 2.66. The van der Waals surface area contributed by atoms with Gasteiger partial charge < -0.3 is 11.1 Å². The molecule has 2 aromatic rings. The fourth-order valence-corrected chi connectivity index (χ4v) is 2.68. The molecule has 3 N–H and O–H groups in total. The van der Waals surface area contributed by atoms with Gasteiger partial charge >= 0.3 is 0 Å². The molecule has 0 radical (unpaired) electrons. The summed E-state index contributed by atoms with van der Waals surface area (Å²) in [7, 11) is 0. The summed E-state index contributed by atoms with van der Waals surface area (Å²) in [4.78, 5) is 0. The molecule has 0 saturated heterocycles. The highest BCUT2D eigenvalue weighted by Gasteiger charge is 2.07. The second-order valence-corrected chi connectivity index (χ2v) is 5.34. The standard InChI is InChI=1S/C13H9Br2N3/c14-9-2-1-3-10(15)13(9)18-12-6-8(7-16)4-5-11(12)17/h1-6,18H,17H2. The van der Waals surface area contributed by atoms with Gasteiger partial charge in [-0.1, -0.05) is 6.07 Å². The lowest BCUT2D eigenvalue weighted by atomic mass is 10.2. The molecule has 0 aliphatic carbocycles. The summed E-state index contributed by atoms with van der Waals surface area (Å²) >= 11 is 6.93. The zero-order valence-electron chi connectivity index (χ0n) is 9.24. The molecule has 0 heterocycles. The number of nitriles is 1. The van der Waals surface area contributed by atoms with Crippen LogP contribution in [0.3, 0.4) is 0 Å². The molecule has 0 aromatic heterocycles. The minimum Gasteiger partial charge on any atom is -0.397 e. The Morgan fingerprint density at radius 1 is 1.11 bits per heavy atom. The fourth-order valence-electron chi connectivity index (χ4n) is 1.49. The molecule has 3 nitrogen and oxygen atoms in total. The molecular formula is C13H9Br2N3. The highest BCUT2D eigenvalue weighted by Crippen LogP contribution is 2.34. The van der Waals surface area contributed by atoms with Gasteiger partial charge in [-0.2, -0.15) is 5.26 Å². The fraction of sp³-hybridized carbons (Fsp3) is 0. The van der Waals surface area contributed by atoms with Crippen LogP contribution in [0.15, 0.2) is 45.3 Å². The van der Waals surface area contributed by atoms with Crippen molar-refractivity contribution in [1.29, 1.82) is 5.26 Å². The van der Waals surface area contributed by atoms with Gasteiger partial charge in [0.1, 0.15) is 0 Å². The van der Waals surface area contributed by atoms with E-state index in [4.69, 9.17) is 11.0 Å². The van der Waals surface area contributed by atoms with Gasteiger partial charge in [-0.25, -0.2) is 0 Å². The Morgan fingerprint density at radius 3 is 2.39 bits per heavy atom. The van der Waals surface area contributed by atoms with Crippen molar-refractivity contribution in [2.24, 2.45) is 0 Å². The molecule has 0 saturated carbocycles. The molecule has 0 aliphatic rings. The molecule has 90 valence electrons. The monoisotopic (exact) mass is 365 g/mol. The number of hydrogen-bond donors (Lipinski definition) is 2. The number of nitrogen functional groups attached to an aromatic ring is 1. The lowest BCUT2D eigenvalue weighted by Gasteiger charge is -2.12. The Hall–Kier alpha value is -1.51. The van der Waals surface area contributed by atoms with E-state index >= 15 is 0 Å². The average molecular weight is 367 g/mol. The number of anilines is 3. The second-order valence-electron chi connectivity index (χ2n) is 3.64. The van der Waals surface area contributed by atoms with Crippen molar-refractivity contribution >= 4 is 48.9 Å². The molecular weight excluding hydrogens is 358 g/mol. The minimum atomic E-state index is 0.565. The Labute approximate surface area is 122 Å². The van der Waals surface area contributed by atoms with Gasteiger partial charge in [-0.15, -0.1) is 0 Å². The zero-order valence-corrected chi connectivity index (χ0v) is 12.4. The lowest BCUT2D eigenvalue weighted by molar-refractivity contribution is 1.46. The SMILES string of the molecule is N#Cc1ccc(N)c(Nc2c(Br)cccc2Br)c1. The summed E-state index contributed by atoms with van der Waals surface area (Å²) in [6.45, 7) is 0. The van der Waals surface area contributed by atoms with Gasteiger partial charge in [0.2, 0.25) is 0 Å². The molecule has 0 spiro atoms. The lowest BCUT2D eigenvalue weighted by Crippen LogP contribution is -1.98. The summed E-state index contributed by atoms with van der Waals surface area (Å²) in [6, 6.07) is 13.0. The van der Waals surface area contributed by atoms with Crippen LogP contribution in [0.1, 0.15) is 5.56 Å². The minimum absolute atomic E-state index is 0.565. The van der Waals surface area contributed by atoms with Crippen molar-refractivity contribution in [1.82, 2.24) is 0 Å². The largest absolute Gasteiger partial charge is 0.397 e. The van der Waals surface area contributed by atoms with E-state index in [0.29, 0.717) is 16.9 Å². The first-order valence-electron chi connectivity index (χ1n) is 5.12. The van der Waals surface area contributed by atoms with E-state index in [-0.39, 0.29) is 0 Å². The zero-order chi connectivity index (χ0) is 13.1. The molecule has 2 aromatic carbocycles. The first-order chi connectivity index (χ1) is 8.61. The van der Waals surface area contributed by atoms with E-state index in [0.717, 1.165) is 14.6 Å². The summed E-state index contributed by atoms with van der Waals surface area (Å²) in [5, 5.41) is 12.1. The van der Waals surface area contributed by atoms with Gasteiger partial charge in [0, 0.05) is 8.95 Å². The van der Waals surface area contributed by atoms with Crippen LogP contribution in [-0.2, 0) is 0 Å². The first kappa shape index (κ1) is 12.9. The van der Waals surface area contributed by atoms with Gasteiger partial charge in [0.25, 0.3) is 0 Å². The topological polar surface area (TPSA) is 61.8 Å². The maximum absolute atomic E-state index is 8.89. The van der Waals surface area contributed by atoms with Crippen LogP contribution in [0.2, 0.25) is 0 Å². The number of nitrogens with two attached hydrogens (primary N) is 1. The van der Waals surface area contributed by atoms with Crippen molar-refractivity contribution in [2.45, 2.75) is 0 Å². The number of rotatable bonds is 2. The average Bonchev–Trinajstić information content (AvgIpc) is 2.36. The normalized spacial score (nSPS) is 9.83. The van der Waals surface area contributed by atoms with Crippen molar-refractivity contribution in [2.75, 3.05) is 11.1 Å². The van der Waals surface area contributed by atoms with E-state index in [1.165, 1.54) is 0 Å². The highest BCUT2D eigenvalue weighted by atomic mass is 79.9. The van der Waals surface area contributed by atoms with E-state index in [2.05, 4.69) is 43.2 Å². The summed E-state index contributed by atoms with van der Waals surface area (Å²) in [5.41, 5.74) is 8.63. The number of benzene rings is 2. The van der Waals surface area contributed by atoms with E-state index in [9.17, 15) is 0 Å². The van der Waals surface area contributed by atoms with Gasteiger partial charge in [0.05, 0.1) is 28.7 Å². The smallest absolute Gasteiger partial charge is 0.0992 e. The van der Waals surface area contributed by atoms with Crippen molar-refractivity contribution in [3.05, 3.63) is 50.9 Å². The quantitative estimate of drug-likeness (QED) is 0.774. The van der Waals surface area contributed by atoms with Gasteiger partial charge in [-0.3, -0.25) is 0 Å². The van der Waals surface area contributed by atoms with E-state index in [1.54, 1.807) is 18.2 Å². The molecule has 0 unspecified atom stereocenters. The number of nitrogens with one attached hydrogen (secondary N) is 1. The highest BCUT2D eigenvalue weighted by molar-refractivity contribution is 9.11. The van der Waals surface area contributed by atoms with Gasteiger partial charge in [0.15, 0.2) is 0 Å². The van der Waals surface area contributed by atoms with E-state index in [1.807, 2.05) is 18.2 Å². The molecule has 0 aliphatic heterocycles. The van der Waals surface area contributed by atoms with Crippen LogP contribution in [0, 0.1) is 11.3 Å². The van der Waals surface area contributed by atoms with Crippen molar-refractivity contribution in [3.63, 3.8) is 0 Å². The molecule has 0 fully saturated rings. The maximum Gasteiger partial charge on any atom is 0.0992 e. The van der Waals surface area contributed by atoms with Crippen molar-refractivity contribution in [3.8, 4) is 6.07 Å². The molecule has 5 heteroatoms. The Balaban J connectivity index is 2.43. The van der Waals surface area contributed by atoms with Crippen LogP contribution in [-0.4, -0.2) is 0 Å². The molecule has 2 rings (SSSR count). The van der Waals surface area contributed by atoms with E-state index < -0.39 is 0 Å². The summed E-state index contributed by atoms with van der Waals surface area (Å²) in [5.74, 6) is 0. The third-order valence-electron chi connectivity index (χ3n) is 2.40. The third-order valence-corrected chi connectivity index (χ3v) is 3.73. The van der Waals surface area contributed by atoms with Crippen LogP contribution in [0.25, 0.3) is 0 Å². The predicted octanol–water partition coefficient (Wildman–Crippen LogP) is 4.41. The first-order valence-corrected chi connectivity index (χ1v) is 6.71. The number of hydrogen-bond acceptors (Lipinski definition) is 3. The number of halogens is 2. The molecule has 18 heavy (non-hydrogen) atoms. The van der Waals surface area contributed by atoms with Crippen LogP contribution < -0.4 is 11.1 Å². The van der Waals surface area contributed by atoms with Crippen LogP contribution in [0.5, 0.6) is 0 Å². The van der Waals surface area contributed by atoms with Gasteiger partial charge in [-0.05, 0) is 62.2 Å². The summed E-state index contributed by atoms with van der Waals surface area (Å²) in [6.07, 6.45) is 0. The van der Waals surface area contributed by atoms with Crippen molar-refractivity contribution < 1.29 is 0 Å². The molecule has 0 bridgehead atoms. The summed E-state index contributed by atoms with van der Waals surface area (Å²) < 4.78 is 1.83.